The highest BCUT2D eigenvalue weighted by Gasteiger charge is 2.18. The minimum Gasteiger partial charge on any atom is -0.508 e. The lowest BCUT2D eigenvalue weighted by atomic mass is 9.98. The number of benzene rings is 3. The lowest BCUT2D eigenvalue weighted by Gasteiger charge is -2.19. The highest BCUT2D eigenvalue weighted by Crippen LogP contribution is 2.32. The van der Waals surface area contributed by atoms with E-state index in [9.17, 15) is 9.90 Å². The van der Waals surface area contributed by atoms with Gasteiger partial charge in [-0.1, -0.05) is 36.4 Å². The Morgan fingerprint density at radius 1 is 1.12 bits per heavy atom. The molecule has 0 radical (unpaired) electrons. The van der Waals surface area contributed by atoms with Gasteiger partial charge in [0.1, 0.15) is 5.75 Å². The predicted molar refractivity (Wildman–Crippen MR) is 97.1 cm³/mol. The topological polar surface area (TPSA) is 75.4 Å². The van der Waals surface area contributed by atoms with Gasteiger partial charge in [0, 0.05) is 16.8 Å². The van der Waals surface area contributed by atoms with Crippen molar-refractivity contribution in [3.8, 4) is 5.75 Å². The number of phenolic OH excluding ortho intramolecular Hbond substituents is 1. The van der Waals surface area contributed by atoms with Gasteiger partial charge in [-0.2, -0.15) is 0 Å². The molecule has 0 bridgehead atoms. The van der Waals surface area contributed by atoms with Crippen LogP contribution in [-0.2, 0) is 0 Å². The van der Waals surface area contributed by atoms with Gasteiger partial charge in [0.2, 0.25) is 0 Å². The molecule has 0 saturated carbocycles. The number of rotatable bonds is 3. The van der Waals surface area contributed by atoms with E-state index in [4.69, 9.17) is 5.73 Å². The largest absolute Gasteiger partial charge is 0.508 e. The van der Waals surface area contributed by atoms with Crippen molar-refractivity contribution in [3.05, 3.63) is 71.3 Å². The zero-order chi connectivity index (χ0) is 17.3. The summed E-state index contributed by atoms with van der Waals surface area (Å²) in [5, 5.41) is 15.2. The number of carbonyl (C=O) groups excluding carboxylic acids is 1. The third-order valence-electron chi connectivity index (χ3n) is 4.23. The van der Waals surface area contributed by atoms with Gasteiger partial charge in [-0.3, -0.25) is 4.79 Å². The normalized spacial score (nSPS) is 12.1. The van der Waals surface area contributed by atoms with Gasteiger partial charge >= 0.3 is 0 Å². The molecule has 0 aliphatic carbocycles. The molecule has 4 heteroatoms. The van der Waals surface area contributed by atoms with Gasteiger partial charge in [-0.05, 0) is 48.4 Å². The van der Waals surface area contributed by atoms with Crippen molar-refractivity contribution >= 4 is 22.4 Å². The first-order chi connectivity index (χ1) is 11.5. The molecular weight excluding hydrogens is 300 g/mol. The van der Waals surface area contributed by atoms with E-state index in [0.717, 1.165) is 16.3 Å². The maximum absolute atomic E-state index is 12.6. The van der Waals surface area contributed by atoms with Crippen molar-refractivity contribution < 1.29 is 9.90 Å². The molecule has 0 aromatic heterocycles. The van der Waals surface area contributed by atoms with Crippen molar-refractivity contribution in [2.24, 2.45) is 0 Å². The van der Waals surface area contributed by atoms with Crippen LogP contribution in [0, 0.1) is 6.92 Å². The summed E-state index contributed by atoms with van der Waals surface area (Å²) in [5.41, 5.74) is 8.45. The van der Waals surface area contributed by atoms with Gasteiger partial charge in [0.25, 0.3) is 5.91 Å². The molecule has 1 unspecified atom stereocenters. The summed E-state index contributed by atoms with van der Waals surface area (Å²) in [6, 6.07) is 16.2. The molecule has 0 heterocycles. The quantitative estimate of drug-likeness (QED) is 0.640. The molecule has 3 aromatic carbocycles. The van der Waals surface area contributed by atoms with Crippen molar-refractivity contribution in [2.75, 3.05) is 5.73 Å². The zero-order valence-electron chi connectivity index (χ0n) is 13.7. The molecule has 0 aliphatic heterocycles. The Morgan fingerprint density at radius 3 is 2.67 bits per heavy atom. The number of carbonyl (C=O) groups is 1. The number of amides is 1. The molecule has 1 atom stereocenters. The monoisotopic (exact) mass is 320 g/mol. The second-order valence-electron chi connectivity index (χ2n) is 5.99. The van der Waals surface area contributed by atoms with E-state index < -0.39 is 0 Å². The molecule has 3 aromatic rings. The van der Waals surface area contributed by atoms with Crippen molar-refractivity contribution in [1.82, 2.24) is 5.32 Å². The number of phenols is 1. The molecule has 24 heavy (non-hydrogen) atoms. The smallest absolute Gasteiger partial charge is 0.252 e. The van der Waals surface area contributed by atoms with E-state index in [1.54, 1.807) is 18.2 Å². The number of fused-ring (bicyclic) bond motifs is 1. The molecule has 4 N–H and O–H groups in total. The van der Waals surface area contributed by atoms with Crippen LogP contribution in [-0.4, -0.2) is 11.0 Å². The number of anilines is 1. The third-order valence-corrected chi connectivity index (χ3v) is 4.23. The maximum Gasteiger partial charge on any atom is 0.252 e. The number of hydrogen-bond donors (Lipinski definition) is 3. The van der Waals surface area contributed by atoms with Gasteiger partial charge in [0.15, 0.2) is 0 Å². The van der Waals surface area contributed by atoms with Crippen LogP contribution in [0.15, 0.2) is 54.6 Å². The van der Waals surface area contributed by atoms with Crippen LogP contribution in [0.3, 0.4) is 0 Å². The second-order valence-corrected chi connectivity index (χ2v) is 5.99. The molecule has 0 aliphatic rings. The fraction of sp³-hybridized carbons (Fsp3) is 0.150. The number of nitrogen functional groups attached to an aromatic ring is 1. The van der Waals surface area contributed by atoms with Gasteiger partial charge in [0.05, 0.1) is 6.04 Å². The fourth-order valence-electron chi connectivity index (χ4n) is 2.97. The van der Waals surface area contributed by atoms with E-state index in [2.05, 4.69) is 5.32 Å². The van der Waals surface area contributed by atoms with Gasteiger partial charge in [-0.25, -0.2) is 0 Å². The summed E-state index contributed by atoms with van der Waals surface area (Å²) >= 11 is 0. The molecule has 122 valence electrons. The summed E-state index contributed by atoms with van der Waals surface area (Å²) in [6.45, 7) is 3.73. The van der Waals surface area contributed by atoms with Gasteiger partial charge in [-0.15, -0.1) is 0 Å². The highest BCUT2D eigenvalue weighted by atomic mass is 16.3. The Hall–Kier alpha value is -3.01. The first-order valence-electron chi connectivity index (χ1n) is 7.85. The zero-order valence-corrected chi connectivity index (χ0v) is 13.7. The minimum absolute atomic E-state index is 0.172. The first kappa shape index (κ1) is 15.9. The third kappa shape index (κ3) is 2.91. The molecular formula is C20H20N2O2. The molecule has 4 nitrogen and oxygen atoms in total. The van der Waals surface area contributed by atoms with E-state index in [1.807, 2.05) is 50.2 Å². The maximum atomic E-state index is 12.6. The summed E-state index contributed by atoms with van der Waals surface area (Å²) in [5.74, 6) is -0.0366. The fourth-order valence-corrected chi connectivity index (χ4v) is 2.97. The molecule has 1 amide bonds. The molecule has 0 spiro atoms. The standard InChI is InChI=1S/C20H20N2O2/c1-12-7-9-15(21)11-17(12)20(24)22-13(2)19-16-6-4-3-5-14(16)8-10-18(19)23/h3-11,13,23H,21H2,1-2H3,(H,22,24). The SMILES string of the molecule is Cc1ccc(N)cc1C(=O)NC(C)c1c(O)ccc2ccccc12. The van der Waals surface area contributed by atoms with Crippen LogP contribution >= 0.6 is 0 Å². The number of nitrogens with one attached hydrogen (secondary N) is 1. The van der Waals surface area contributed by atoms with Gasteiger partial charge < -0.3 is 16.2 Å². The van der Waals surface area contributed by atoms with Crippen molar-refractivity contribution in [3.63, 3.8) is 0 Å². The van der Waals surface area contributed by atoms with Crippen LogP contribution < -0.4 is 11.1 Å². The summed E-state index contributed by atoms with van der Waals surface area (Å²) < 4.78 is 0. The summed E-state index contributed by atoms with van der Waals surface area (Å²) in [7, 11) is 0. The van der Waals surface area contributed by atoms with Crippen LogP contribution in [0.1, 0.15) is 34.5 Å². The summed E-state index contributed by atoms with van der Waals surface area (Å²) in [4.78, 5) is 12.6. The average molecular weight is 320 g/mol. The van der Waals surface area contributed by atoms with E-state index >= 15 is 0 Å². The number of nitrogens with two attached hydrogens (primary N) is 1. The van der Waals surface area contributed by atoms with Crippen LogP contribution in [0.5, 0.6) is 5.75 Å². The minimum atomic E-state index is -0.343. The Bertz CT molecular complexity index is 919. The van der Waals surface area contributed by atoms with Crippen molar-refractivity contribution in [1.29, 1.82) is 0 Å². The molecule has 0 fully saturated rings. The van der Waals surface area contributed by atoms with E-state index in [1.165, 1.54) is 0 Å². The lowest BCUT2D eigenvalue weighted by Crippen LogP contribution is -2.27. The van der Waals surface area contributed by atoms with E-state index in [-0.39, 0.29) is 17.7 Å². The predicted octanol–water partition coefficient (Wildman–Crippen LogP) is 3.93. The first-order valence-corrected chi connectivity index (χ1v) is 7.85. The molecule has 0 saturated heterocycles. The number of aryl methyl sites for hydroxylation is 1. The Kier molecular flexibility index (Phi) is 4.13. The lowest BCUT2D eigenvalue weighted by molar-refractivity contribution is 0.0939. The van der Waals surface area contributed by atoms with Crippen LogP contribution in [0.4, 0.5) is 5.69 Å². The Labute approximate surface area is 140 Å². The Morgan fingerprint density at radius 2 is 1.88 bits per heavy atom. The van der Waals surface area contributed by atoms with Crippen LogP contribution in [0.25, 0.3) is 10.8 Å². The van der Waals surface area contributed by atoms with Crippen LogP contribution in [0.2, 0.25) is 0 Å². The second kappa shape index (κ2) is 6.24. The molecule has 3 rings (SSSR count). The Balaban J connectivity index is 1.96. The number of hydrogen-bond acceptors (Lipinski definition) is 3. The van der Waals surface area contributed by atoms with Crippen molar-refractivity contribution in [2.45, 2.75) is 19.9 Å². The van der Waals surface area contributed by atoms with E-state index in [0.29, 0.717) is 16.8 Å². The average Bonchev–Trinajstić information content (AvgIpc) is 2.56. The summed E-state index contributed by atoms with van der Waals surface area (Å²) in [6.07, 6.45) is 0. The highest BCUT2D eigenvalue weighted by molar-refractivity contribution is 5.97. The number of aromatic hydroxyl groups is 1.